The number of ether oxygens (including phenoxy) is 2. The van der Waals surface area contributed by atoms with Gasteiger partial charge in [0.15, 0.2) is 11.5 Å². The summed E-state index contributed by atoms with van der Waals surface area (Å²) < 4.78 is 11.6. The van der Waals surface area contributed by atoms with E-state index in [1.54, 1.807) is 23.1 Å². The fourth-order valence-electron chi connectivity index (χ4n) is 3.10. The number of likely N-dealkylation sites (tertiary alicyclic amines) is 1. The maximum Gasteiger partial charge on any atom is 0.294 e. The van der Waals surface area contributed by atoms with E-state index in [2.05, 4.69) is 21.9 Å². The first-order chi connectivity index (χ1) is 13.9. The molecule has 3 rings (SSSR count). The molecule has 1 aromatic carbocycles. The Morgan fingerprint density at radius 3 is 2.72 bits per heavy atom. The molecule has 29 heavy (non-hydrogen) atoms. The van der Waals surface area contributed by atoms with Crippen LogP contribution in [0.3, 0.4) is 0 Å². The van der Waals surface area contributed by atoms with E-state index in [-0.39, 0.29) is 24.0 Å². The Bertz CT molecular complexity index is 918. The molecule has 0 unspecified atom stereocenters. The van der Waals surface area contributed by atoms with E-state index in [0.717, 1.165) is 29.5 Å². The number of methoxy groups -OCH3 is 1. The first-order valence-corrected chi connectivity index (χ1v) is 10.5. The number of benzene rings is 1. The first-order valence-electron chi connectivity index (χ1n) is 8.91. The highest BCUT2D eigenvalue weighted by atomic mass is 79.9. The number of carbonyl (C=O) groups excluding carboxylic acids is 3. The molecule has 0 bridgehead atoms. The molecule has 0 aromatic heterocycles. The second kappa shape index (κ2) is 9.37. The number of carbonyl (C=O) groups is 3. The smallest absolute Gasteiger partial charge is 0.294 e. The average molecular weight is 479 g/mol. The van der Waals surface area contributed by atoms with Crippen molar-refractivity contribution in [3.05, 3.63) is 27.1 Å². The molecule has 0 spiro atoms. The van der Waals surface area contributed by atoms with Crippen molar-refractivity contribution >= 4 is 50.8 Å². The Hall–Kier alpha value is -2.44. The molecule has 0 atom stereocenters. The van der Waals surface area contributed by atoms with Crippen LogP contribution in [-0.2, 0) is 9.59 Å². The minimum Gasteiger partial charge on any atom is -0.493 e. The van der Waals surface area contributed by atoms with E-state index in [0.29, 0.717) is 34.6 Å². The third kappa shape index (κ3) is 4.77. The summed E-state index contributed by atoms with van der Waals surface area (Å²) in [7, 11) is 1.49. The molecule has 2 saturated heterocycles. The lowest BCUT2D eigenvalue weighted by Gasteiger charge is -2.18. The van der Waals surface area contributed by atoms with Crippen molar-refractivity contribution < 1.29 is 23.9 Å². The largest absolute Gasteiger partial charge is 0.493 e. The van der Waals surface area contributed by atoms with Gasteiger partial charge in [0.05, 0.1) is 12.0 Å². The first kappa shape index (κ1) is 21.3. The molecule has 2 fully saturated rings. The number of thioether (sulfide) groups is 1. The zero-order valence-electron chi connectivity index (χ0n) is 15.8. The fraction of sp³-hybridized carbons (Fsp3) is 0.350. The van der Waals surface area contributed by atoms with Crippen molar-refractivity contribution in [2.24, 2.45) is 0 Å². The predicted molar refractivity (Wildman–Crippen MR) is 114 cm³/mol. The van der Waals surface area contributed by atoms with Crippen molar-refractivity contribution in [3.63, 3.8) is 0 Å². The van der Waals surface area contributed by atoms with Gasteiger partial charge in [0.2, 0.25) is 5.91 Å². The Balaban J connectivity index is 1.86. The number of hydrogen-bond acceptors (Lipinski definition) is 6. The summed E-state index contributed by atoms with van der Waals surface area (Å²) in [6.07, 6.45) is 8.71. The normalized spacial score (nSPS) is 17.8. The molecule has 9 heteroatoms. The summed E-state index contributed by atoms with van der Waals surface area (Å²) in [6.45, 7) is 1.10. The van der Waals surface area contributed by atoms with Crippen LogP contribution in [0.1, 0.15) is 18.4 Å². The number of imide groups is 1. The summed E-state index contributed by atoms with van der Waals surface area (Å²) in [5, 5.41) is -0.471. The van der Waals surface area contributed by atoms with Crippen molar-refractivity contribution in [1.82, 2.24) is 9.80 Å². The molecule has 1 aromatic rings. The van der Waals surface area contributed by atoms with Crippen LogP contribution in [0.5, 0.6) is 11.5 Å². The summed E-state index contributed by atoms with van der Waals surface area (Å²) in [4.78, 5) is 40.3. The van der Waals surface area contributed by atoms with Gasteiger partial charge < -0.3 is 14.4 Å². The van der Waals surface area contributed by atoms with E-state index in [1.807, 2.05) is 0 Å². The maximum atomic E-state index is 12.8. The van der Waals surface area contributed by atoms with Crippen molar-refractivity contribution in [3.8, 4) is 23.8 Å². The average Bonchev–Trinajstić information content (AvgIpc) is 3.32. The molecular formula is C20H19BrN2O5S. The van der Waals surface area contributed by atoms with Crippen LogP contribution in [0, 0.1) is 12.3 Å². The molecular weight excluding hydrogens is 460 g/mol. The lowest BCUT2D eigenvalue weighted by molar-refractivity contribution is -0.135. The van der Waals surface area contributed by atoms with E-state index in [4.69, 9.17) is 15.9 Å². The molecule has 0 saturated carbocycles. The summed E-state index contributed by atoms with van der Waals surface area (Å²) in [6, 6.07) is 3.45. The number of nitrogens with zero attached hydrogens (tertiary/aromatic N) is 2. The van der Waals surface area contributed by atoms with Gasteiger partial charge >= 0.3 is 0 Å². The Kier molecular flexibility index (Phi) is 6.87. The topological polar surface area (TPSA) is 76.2 Å². The number of terminal acetylenes is 1. The van der Waals surface area contributed by atoms with Crippen LogP contribution < -0.4 is 9.47 Å². The molecule has 2 aliphatic rings. The standard InChI is InChI=1S/C20H19BrN2O5S/c1-3-8-28-18-13(9-14(21)11-15(18)27-2)10-16-19(25)23(20(26)29-16)12-17(24)22-6-4-5-7-22/h1,9-11H,4-8,12H2,2H3/b16-10+. The van der Waals surface area contributed by atoms with Crippen molar-refractivity contribution in [2.75, 3.05) is 33.4 Å². The molecule has 152 valence electrons. The second-order valence-corrected chi connectivity index (χ2v) is 8.28. The zero-order chi connectivity index (χ0) is 21.0. The minimum atomic E-state index is -0.505. The van der Waals surface area contributed by atoms with Crippen LogP contribution in [0.25, 0.3) is 6.08 Å². The summed E-state index contributed by atoms with van der Waals surface area (Å²) in [5.74, 6) is 2.47. The van der Waals surface area contributed by atoms with Gasteiger partial charge in [-0.15, -0.1) is 6.42 Å². The highest BCUT2D eigenvalue weighted by Crippen LogP contribution is 2.39. The quantitative estimate of drug-likeness (QED) is 0.461. The Labute approximate surface area is 181 Å². The molecule has 0 radical (unpaired) electrons. The van der Waals surface area contributed by atoms with E-state index in [1.165, 1.54) is 7.11 Å². The number of hydrogen-bond donors (Lipinski definition) is 0. The lowest BCUT2D eigenvalue weighted by Crippen LogP contribution is -2.40. The summed E-state index contributed by atoms with van der Waals surface area (Å²) in [5.41, 5.74) is 0.530. The lowest BCUT2D eigenvalue weighted by atomic mass is 10.1. The van der Waals surface area contributed by atoms with Gasteiger partial charge in [0.25, 0.3) is 11.1 Å². The van der Waals surface area contributed by atoms with Crippen LogP contribution >= 0.6 is 27.7 Å². The highest BCUT2D eigenvalue weighted by Gasteiger charge is 2.37. The number of rotatable bonds is 6. The van der Waals surface area contributed by atoms with Crippen LogP contribution in [0.4, 0.5) is 4.79 Å². The minimum absolute atomic E-state index is 0.0185. The van der Waals surface area contributed by atoms with Crippen LogP contribution in [-0.4, -0.2) is 60.2 Å². The number of amides is 3. The van der Waals surface area contributed by atoms with Crippen molar-refractivity contribution in [1.29, 1.82) is 0 Å². The van der Waals surface area contributed by atoms with Gasteiger partial charge in [0.1, 0.15) is 13.2 Å². The summed E-state index contributed by atoms with van der Waals surface area (Å²) >= 11 is 4.18. The molecule has 3 amide bonds. The Morgan fingerprint density at radius 1 is 1.34 bits per heavy atom. The van der Waals surface area contributed by atoms with E-state index < -0.39 is 11.1 Å². The van der Waals surface area contributed by atoms with Crippen LogP contribution in [0.15, 0.2) is 21.5 Å². The number of halogens is 1. The van der Waals surface area contributed by atoms with Gasteiger partial charge in [-0.3, -0.25) is 19.3 Å². The molecule has 0 aliphatic carbocycles. The zero-order valence-corrected chi connectivity index (χ0v) is 18.2. The third-order valence-electron chi connectivity index (χ3n) is 4.48. The fourth-order valence-corrected chi connectivity index (χ4v) is 4.38. The highest BCUT2D eigenvalue weighted by molar-refractivity contribution is 9.10. The third-order valence-corrected chi connectivity index (χ3v) is 5.85. The van der Waals surface area contributed by atoms with Gasteiger partial charge in [-0.1, -0.05) is 21.9 Å². The molecule has 7 nitrogen and oxygen atoms in total. The SMILES string of the molecule is C#CCOc1c(/C=C2/SC(=O)N(CC(=O)N3CCCC3)C2=O)cc(Br)cc1OC. The molecule has 2 heterocycles. The van der Waals surface area contributed by atoms with Gasteiger partial charge in [0, 0.05) is 23.1 Å². The molecule has 0 N–H and O–H groups in total. The molecule has 2 aliphatic heterocycles. The van der Waals surface area contributed by atoms with E-state index >= 15 is 0 Å². The van der Waals surface area contributed by atoms with Crippen LogP contribution in [0.2, 0.25) is 0 Å². The van der Waals surface area contributed by atoms with Gasteiger partial charge in [-0.2, -0.15) is 0 Å². The second-order valence-electron chi connectivity index (χ2n) is 6.37. The predicted octanol–water partition coefficient (Wildman–Crippen LogP) is 3.13. The van der Waals surface area contributed by atoms with Crippen molar-refractivity contribution in [2.45, 2.75) is 12.8 Å². The Morgan fingerprint density at radius 2 is 2.07 bits per heavy atom. The maximum absolute atomic E-state index is 12.8. The van der Waals surface area contributed by atoms with E-state index in [9.17, 15) is 14.4 Å². The van der Waals surface area contributed by atoms with Gasteiger partial charge in [-0.05, 0) is 42.8 Å². The monoisotopic (exact) mass is 478 g/mol. The van der Waals surface area contributed by atoms with Gasteiger partial charge in [-0.25, -0.2) is 0 Å².